The predicted octanol–water partition coefficient (Wildman–Crippen LogP) is 5.94. The summed E-state index contributed by atoms with van der Waals surface area (Å²) in [4.78, 5) is 24.5. The molecule has 0 saturated heterocycles. The summed E-state index contributed by atoms with van der Waals surface area (Å²) in [5.74, 6) is -0.662. The molecule has 2 atom stereocenters. The van der Waals surface area contributed by atoms with Crippen molar-refractivity contribution >= 4 is 11.9 Å². The van der Waals surface area contributed by atoms with Crippen molar-refractivity contribution in [1.29, 1.82) is 0 Å². The van der Waals surface area contributed by atoms with E-state index in [1.165, 1.54) is 0 Å². The van der Waals surface area contributed by atoms with Crippen molar-refractivity contribution < 1.29 is 19.1 Å². The first-order valence-corrected chi connectivity index (χ1v) is 10.1. The van der Waals surface area contributed by atoms with E-state index in [4.69, 9.17) is 9.47 Å². The maximum absolute atomic E-state index is 12.3. The molecule has 146 valence electrons. The molecule has 0 fully saturated rings. The van der Waals surface area contributed by atoms with Crippen LogP contribution in [0.5, 0.6) is 0 Å². The van der Waals surface area contributed by atoms with Gasteiger partial charge in [0.15, 0.2) is 0 Å². The number of hydrogen-bond donors (Lipinski definition) is 0. The van der Waals surface area contributed by atoms with Crippen LogP contribution in [0.4, 0.5) is 0 Å². The Bertz CT molecular complexity index is 487. The van der Waals surface area contributed by atoms with Crippen molar-refractivity contribution in [2.24, 2.45) is 0 Å². The van der Waals surface area contributed by atoms with E-state index in [1.807, 2.05) is 13.8 Å². The van der Waals surface area contributed by atoms with E-state index in [-0.39, 0.29) is 24.1 Å². The maximum atomic E-state index is 12.3. The van der Waals surface area contributed by atoms with Gasteiger partial charge in [0.1, 0.15) is 12.2 Å². The molecular formula is C22H34O4. The van der Waals surface area contributed by atoms with Crippen LogP contribution in [0, 0.1) is 0 Å². The van der Waals surface area contributed by atoms with Crippen LogP contribution in [0.3, 0.4) is 0 Å². The highest BCUT2D eigenvalue weighted by molar-refractivity contribution is 5.93. The average Bonchev–Trinajstić information content (AvgIpc) is 2.67. The molecule has 0 aromatic heterocycles. The molecule has 1 rings (SSSR count). The molecule has 0 aliphatic heterocycles. The van der Waals surface area contributed by atoms with Gasteiger partial charge < -0.3 is 9.47 Å². The van der Waals surface area contributed by atoms with E-state index in [9.17, 15) is 9.59 Å². The molecule has 4 nitrogen and oxygen atoms in total. The van der Waals surface area contributed by atoms with Crippen molar-refractivity contribution in [1.82, 2.24) is 0 Å². The highest BCUT2D eigenvalue weighted by Crippen LogP contribution is 2.15. The molecule has 4 heteroatoms. The van der Waals surface area contributed by atoms with E-state index in [0.717, 1.165) is 51.4 Å². The first kappa shape index (κ1) is 22.2. The summed E-state index contributed by atoms with van der Waals surface area (Å²) in [5, 5.41) is 0. The van der Waals surface area contributed by atoms with Crippen LogP contribution >= 0.6 is 0 Å². The van der Waals surface area contributed by atoms with Gasteiger partial charge in [0, 0.05) is 0 Å². The van der Waals surface area contributed by atoms with Crippen LogP contribution in [-0.4, -0.2) is 24.1 Å². The van der Waals surface area contributed by atoms with Gasteiger partial charge in [-0.1, -0.05) is 53.4 Å². The summed E-state index contributed by atoms with van der Waals surface area (Å²) >= 11 is 0. The zero-order valence-electron chi connectivity index (χ0n) is 16.8. The maximum Gasteiger partial charge on any atom is 0.338 e. The number of rotatable bonds is 12. The minimum atomic E-state index is -0.331. The Balaban J connectivity index is 2.63. The Morgan fingerprint density at radius 2 is 1.08 bits per heavy atom. The van der Waals surface area contributed by atoms with Crippen LogP contribution in [-0.2, 0) is 9.47 Å². The second-order valence-corrected chi connectivity index (χ2v) is 6.73. The van der Waals surface area contributed by atoms with Crippen molar-refractivity contribution in [3.63, 3.8) is 0 Å². The van der Waals surface area contributed by atoms with Gasteiger partial charge in [-0.25, -0.2) is 9.59 Å². The van der Waals surface area contributed by atoms with Crippen LogP contribution < -0.4 is 0 Å². The first-order chi connectivity index (χ1) is 12.5. The van der Waals surface area contributed by atoms with Gasteiger partial charge in [0.2, 0.25) is 0 Å². The van der Waals surface area contributed by atoms with Crippen molar-refractivity contribution in [3.8, 4) is 0 Å². The van der Waals surface area contributed by atoms with Gasteiger partial charge >= 0.3 is 11.9 Å². The minimum absolute atomic E-state index is 0.0454. The highest BCUT2D eigenvalue weighted by Gasteiger charge is 2.17. The third kappa shape index (κ3) is 7.59. The third-order valence-electron chi connectivity index (χ3n) is 4.57. The molecule has 0 N–H and O–H groups in total. The Hall–Kier alpha value is -1.84. The van der Waals surface area contributed by atoms with E-state index >= 15 is 0 Å². The Morgan fingerprint density at radius 3 is 1.35 bits per heavy atom. The van der Waals surface area contributed by atoms with Crippen LogP contribution in [0.2, 0.25) is 0 Å². The molecule has 1 aromatic carbocycles. The molecule has 0 amide bonds. The van der Waals surface area contributed by atoms with Crippen LogP contribution in [0.1, 0.15) is 99.8 Å². The summed E-state index contributed by atoms with van der Waals surface area (Å²) in [6.45, 7) is 8.29. The van der Waals surface area contributed by atoms with E-state index in [2.05, 4.69) is 13.8 Å². The summed E-state index contributed by atoms with van der Waals surface area (Å²) in [5.41, 5.74) is 0.934. The molecule has 0 spiro atoms. The molecule has 26 heavy (non-hydrogen) atoms. The number of benzene rings is 1. The first-order valence-electron chi connectivity index (χ1n) is 10.1. The molecule has 0 bridgehead atoms. The van der Waals surface area contributed by atoms with Gasteiger partial charge in [-0.3, -0.25) is 0 Å². The summed E-state index contributed by atoms with van der Waals surface area (Å²) in [6.07, 6.45) is 7.58. The minimum Gasteiger partial charge on any atom is -0.459 e. The van der Waals surface area contributed by atoms with Crippen molar-refractivity contribution in [2.75, 3.05) is 0 Å². The van der Waals surface area contributed by atoms with Crippen molar-refractivity contribution in [2.45, 2.75) is 91.3 Å². The second-order valence-electron chi connectivity index (χ2n) is 6.73. The predicted molar refractivity (Wildman–Crippen MR) is 104 cm³/mol. The zero-order valence-corrected chi connectivity index (χ0v) is 16.8. The molecule has 0 aliphatic rings. The van der Waals surface area contributed by atoms with Gasteiger partial charge in [-0.15, -0.1) is 0 Å². The van der Waals surface area contributed by atoms with E-state index in [0.29, 0.717) is 11.1 Å². The number of carbonyl (C=O) groups excluding carboxylic acids is 2. The summed E-state index contributed by atoms with van der Waals surface area (Å²) < 4.78 is 11.1. The standard InChI is InChI=1S/C22H34O4/c1-5-9-11-19(7-3)25-21(23)17-13-15-18(16-14-17)22(24)26-20(8-4)12-10-6-2/h13-16,19-20H,5-12H2,1-4H3. The topological polar surface area (TPSA) is 52.6 Å². The van der Waals surface area contributed by atoms with Crippen LogP contribution in [0.15, 0.2) is 24.3 Å². The van der Waals surface area contributed by atoms with E-state index < -0.39 is 0 Å². The molecular weight excluding hydrogens is 328 g/mol. The normalized spacial score (nSPS) is 13.1. The number of unbranched alkanes of at least 4 members (excludes halogenated alkanes) is 2. The van der Waals surface area contributed by atoms with Gasteiger partial charge in [0.25, 0.3) is 0 Å². The monoisotopic (exact) mass is 362 g/mol. The van der Waals surface area contributed by atoms with Crippen molar-refractivity contribution in [3.05, 3.63) is 35.4 Å². The fraction of sp³-hybridized carbons (Fsp3) is 0.636. The third-order valence-corrected chi connectivity index (χ3v) is 4.57. The number of carbonyl (C=O) groups is 2. The Kier molecular flexibility index (Phi) is 10.7. The number of esters is 2. The molecule has 0 aliphatic carbocycles. The molecule has 0 radical (unpaired) electrons. The fourth-order valence-electron chi connectivity index (χ4n) is 2.74. The fourth-order valence-corrected chi connectivity index (χ4v) is 2.74. The van der Waals surface area contributed by atoms with Gasteiger partial charge in [-0.05, 0) is 49.9 Å². The quantitative estimate of drug-likeness (QED) is 0.432. The van der Waals surface area contributed by atoms with E-state index in [1.54, 1.807) is 24.3 Å². The largest absolute Gasteiger partial charge is 0.459 e. The lowest BCUT2D eigenvalue weighted by atomic mass is 10.1. The van der Waals surface area contributed by atoms with Gasteiger partial charge in [0.05, 0.1) is 11.1 Å². The zero-order chi connectivity index (χ0) is 19.4. The lowest BCUT2D eigenvalue weighted by Crippen LogP contribution is -2.19. The molecule has 0 heterocycles. The second kappa shape index (κ2) is 12.5. The smallest absolute Gasteiger partial charge is 0.338 e. The molecule has 1 aromatic rings. The lowest BCUT2D eigenvalue weighted by molar-refractivity contribution is 0.0253. The Morgan fingerprint density at radius 1 is 0.731 bits per heavy atom. The molecule has 2 unspecified atom stereocenters. The number of ether oxygens (including phenoxy) is 2. The summed E-state index contributed by atoms with van der Waals surface area (Å²) in [6, 6.07) is 6.55. The molecule has 0 saturated carbocycles. The Labute approximate surface area is 158 Å². The lowest BCUT2D eigenvalue weighted by Gasteiger charge is -2.17. The summed E-state index contributed by atoms with van der Waals surface area (Å²) in [7, 11) is 0. The number of hydrogen-bond acceptors (Lipinski definition) is 4. The average molecular weight is 363 g/mol. The SMILES string of the molecule is CCCCC(CC)OC(=O)c1ccc(C(=O)OC(CC)CCCC)cc1. The van der Waals surface area contributed by atoms with Crippen LogP contribution in [0.25, 0.3) is 0 Å². The van der Waals surface area contributed by atoms with Gasteiger partial charge in [-0.2, -0.15) is 0 Å². The highest BCUT2D eigenvalue weighted by atomic mass is 16.5.